The predicted octanol–water partition coefficient (Wildman–Crippen LogP) is -1.25. The van der Waals surface area contributed by atoms with Crippen LogP contribution in [-0.2, 0) is 4.46 Å². The fourth-order valence-electron chi connectivity index (χ4n) is 1.66. The van der Waals surface area contributed by atoms with Crippen LogP contribution in [0.1, 0.15) is 11.1 Å². The van der Waals surface area contributed by atoms with Crippen LogP contribution in [-0.4, -0.2) is 0 Å². The molecule has 0 saturated heterocycles. The van der Waals surface area contributed by atoms with Crippen molar-refractivity contribution in [3.63, 3.8) is 0 Å². The fraction of sp³-hybridized carbons (Fsp3) is 0.143. The molecule has 0 aliphatic heterocycles. The van der Waals surface area contributed by atoms with Crippen LogP contribution in [0.25, 0.3) is 0 Å². The molecule has 0 aliphatic rings. The van der Waals surface area contributed by atoms with Crippen LogP contribution in [0.4, 0.5) is 0 Å². The summed E-state index contributed by atoms with van der Waals surface area (Å²) in [5.41, 5.74) is 2.03. The first-order chi connectivity index (χ1) is 9.41. The summed E-state index contributed by atoms with van der Waals surface area (Å²) < 4.78 is 41.1. The van der Waals surface area contributed by atoms with Gasteiger partial charge in [-0.2, -0.15) is 0 Å². The molecule has 2 aromatic rings. The fourth-order valence-corrected chi connectivity index (χ4v) is 10.9. The molecule has 6 heteroatoms. The Morgan fingerprint density at radius 1 is 0.850 bits per heavy atom. The van der Waals surface area contributed by atoms with E-state index in [9.17, 15) is 9.94 Å². The summed E-state index contributed by atoms with van der Waals surface area (Å²) in [7, 11) is 0. The Balaban J connectivity index is 2.53. The van der Waals surface area contributed by atoms with E-state index in [-0.39, 0.29) is 0 Å². The number of aryl methyl sites for hydroxylation is 2. The van der Waals surface area contributed by atoms with Gasteiger partial charge in [-0.15, -0.1) is 0 Å². The van der Waals surface area contributed by atoms with Gasteiger partial charge in [0.25, 0.3) is 0 Å². The second kappa shape index (κ2) is 6.56. The van der Waals surface area contributed by atoms with Gasteiger partial charge < -0.3 is 0 Å². The minimum absolute atomic E-state index is 0.459. The van der Waals surface area contributed by atoms with Gasteiger partial charge in [0.1, 0.15) is 0 Å². The molecule has 20 heavy (non-hydrogen) atoms. The van der Waals surface area contributed by atoms with Gasteiger partial charge in [-0.25, -0.2) is 0 Å². The molecule has 0 aromatic heterocycles. The van der Waals surface area contributed by atoms with Crippen molar-refractivity contribution in [3.8, 4) is 0 Å². The van der Waals surface area contributed by atoms with Crippen LogP contribution in [0.2, 0.25) is 0 Å². The van der Waals surface area contributed by atoms with Crippen molar-refractivity contribution >= 4 is 18.8 Å². The van der Waals surface area contributed by atoms with Gasteiger partial charge in [-0.05, 0) is 0 Å². The first kappa shape index (κ1) is 16.0. The molecular weight excluding hydrogens is 486 g/mol. The normalized spacial score (nSPS) is 12.7. The molecule has 0 radical (unpaired) electrons. The minimum atomic E-state index is -4.42. The van der Waals surface area contributed by atoms with E-state index in [2.05, 4.69) is 0 Å². The molecule has 2 rings (SSSR count). The van der Waals surface area contributed by atoms with E-state index in [4.69, 9.17) is 1.40 Å². The Labute approximate surface area is 131 Å². The summed E-state index contributed by atoms with van der Waals surface area (Å²) in [6.07, 6.45) is 0. The number of halogens is 2. The number of hydrogen-bond donors (Lipinski definition) is 0. The third-order valence-electron chi connectivity index (χ3n) is 2.73. The summed E-state index contributed by atoms with van der Waals surface area (Å²) in [6, 6.07) is 13.9. The zero-order valence-corrected chi connectivity index (χ0v) is 15.3. The molecule has 2 aromatic carbocycles. The van der Waals surface area contributed by atoms with Crippen molar-refractivity contribution in [2.45, 2.75) is 13.8 Å². The average molecular weight is 500 g/mol. The summed E-state index contributed by atoms with van der Waals surface area (Å²) >= 11 is -8.48. The molecular formula is C14H14I2O4. The van der Waals surface area contributed by atoms with Gasteiger partial charge in [0.05, 0.1) is 0 Å². The Morgan fingerprint density at radius 3 is 1.50 bits per heavy atom. The number of benzene rings is 2. The van der Waals surface area contributed by atoms with E-state index in [0.29, 0.717) is 7.14 Å². The van der Waals surface area contributed by atoms with Gasteiger partial charge >= 0.3 is 132 Å². The Kier molecular flexibility index (Phi) is 5.24. The van der Waals surface area contributed by atoms with Gasteiger partial charge in [0.2, 0.25) is 0 Å². The van der Waals surface area contributed by atoms with Crippen LogP contribution in [0, 0.1) is 21.0 Å². The van der Waals surface area contributed by atoms with E-state index < -0.39 is 39.9 Å². The topological polar surface area (TPSA) is 72.4 Å². The second-order valence-corrected chi connectivity index (χ2v) is 13.1. The van der Waals surface area contributed by atoms with Crippen LogP contribution < -0.4 is 27.9 Å². The van der Waals surface area contributed by atoms with Gasteiger partial charge in [-0.1, -0.05) is 0 Å². The quantitative estimate of drug-likeness (QED) is 0.493. The van der Waals surface area contributed by atoms with E-state index in [1.54, 1.807) is 48.5 Å². The number of rotatable bonds is 4. The zero-order chi connectivity index (χ0) is 14.8. The molecule has 0 amide bonds. The van der Waals surface area contributed by atoms with Crippen molar-refractivity contribution < 1.29 is 32.4 Å². The molecule has 4 nitrogen and oxygen atoms in total. The molecule has 0 fully saturated rings. The standard InChI is InChI=1S/C14H14I2O4/c1-11-3-7-13(8-4-11)16(19,20-15(17)18)14-9-5-12(2)6-10-14/h3-10H,1-2H3. The van der Waals surface area contributed by atoms with Crippen molar-refractivity contribution in [1.82, 2.24) is 0 Å². The molecule has 0 atom stereocenters. The van der Waals surface area contributed by atoms with Crippen LogP contribution >= 0.6 is 18.8 Å². The average Bonchev–Trinajstić information content (AvgIpc) is 2.39. The third-order valence-corrected chi connectivity index (χ3v) is 13.2. The van der Waals surface area contributed by atoms with Gasteiger partial charge in [0, 0.05) is 0 Å². The molecule has 0 spiro atoms. The first-order valence-corrected chi connectivity index (χ1v) is 12.4. The van der Waals surface area contributed by atoms with Crippen molar-refractivity contribution in [2.24, 2.45) is 0 Å². The van der Waals surface area contributed by atoms with Crippen molar-refractivity contribution in [3.05, 3.63) is 66.8 Å². The van der Waals surface area contributed by atoms with E-state index in [1.165, 1.54) is 0 Å². The molecule has 0 bridgehead atoms. The van der Waals surface area contributed by atoms with E-state index in [0.717, 1.165) is 11.1 Å². The maximum absolute atomic E-state index is 13.1. The van der Waals surface area contributed by atoms with Crippen LogP contribution in [0.3, 0.4) is 0 Å². The Bertz CT molecular complexity index is 571. The predicted molar refractivity (Wildman–Crippen MR) is 75.5 cm³/mol. The van der Waals surface area contributed by atoms with Crippen LogP contribution in [0.5, 0.6) is 0 Å². The number of hydrogen-bond acceptors (Lipinski definition) is 4. The second-order valence-electron chi connectivity index (χ2n) is 4.30. The summed E-state index contributed by atoms with van der Waals surface area (Å²) in [6.45, 7) is 3.82. The summed E-state index contributed by atoms with van der Waals surface area (Å²) in [5.74, 6) is 0. The monoisotopic (exact) mass is 500 g/mol. The molecule has 0 heterocycles. The SMILES string of the molecule is Cc1ccc(I(=O)(O[I+2]([O-])[O-])c2ccc(C)cc2)cc1. The van der Waals surface area contributed by atoms with Gasteiger partial charge in [-0.3, -0.25) is 0 Å². The molecule has 0 N–H and O–H groups in total. The van der Waals surface area contributed by atoms with Crippen molar-refractivity contribution in [2.75, 3.05) is 0 Å². The summed E-state index contributed by atoms with van der Waals surface area (Å²) in [5, 5.41) is 0. The first-order valence-electron chi connectivity index (χ1n) is 5.79. The maximum atomic E-state index is 13.1. The summed E-state index contributed by atoms with van der Waals surface area (Å²) in [4.78, 5) is 0. The van der Waals surface area contributed by atoms with E-state index >= 15 is 0 Å². The molecule has 0 unspecified atom stereocenters. The molecule has 108 valence electrons. The molecule has 0 saturated carbocycles. The van der Waals surface area contributed by atoms with Crippen LogP contribution in [0.15, 0.2) is 48.5 Å². The Hall–Kier alpha value is -0.420. The zero-order valence-electron chi connectivity index (χ0n) is 11.0. The Morgan fingerprint density at radius 2 is 1.20 bits per heavy atom. The third kappa shape index (κ3) is 3.61. The van der Waals surface area contributed by atoms with Gasteiger partial charge in [0.15, 0.2) is 0 Å². The van der Waals surface area contributed by atoms with E-state index in [1.807, 2.05) is 13.8 Å². The van der Waals surface area contributed by atoms with Crippen molar-refractivity contribution in [1.29, 1.82) is 0 Å². The molecule has 0 aliphatic carbocycles.